The van der Waals surface area contributed by atoms with Crippen molar-refractivity contribution >= 4 is 32.7 Å². The zero-order valence-corrected chi connectivity index (χ0v) is 14.4. The number of alkyl halides is 1. The third-order valence-corrected chi connectivity index (χ3v) is 4.04. The third-order valence-electron chi connectivity index (χ3n) is 3.51. The van der Waals surface area contributed by atoms with Crippen molar-refractivity contribution in [3.05, 3.63) is 59.9 Å². The van der Waals surface area contributed by atoms with Crippen molar-refractivity contribution in [2.75, 3.05) is 7.11 Å². The molecule has 0 saturated carbocycles. The topological polar surface area (TPSA) is 68.7 Å². The number of fused-ring (bicyclic) bond motifs is 1. The van der Waals surface area contributed by atoms with Gasteiger partial charge < -0.3 is 14.6 Å². The molecule has 3 rings (SSSR count). The Morgan fingerprint density at radius 3 is 2.54 bits per heavy atom. The van der Waals surface area contributed by atoms with Gasteiger partial charge in [0.1, 0.15) is 11.5 Å². The lowest BCUT2D eigenvalue weighted by molar-refractivity contribution is 0.0590. The number of hydrogen-bond donors (Lipinski definition) is 1. The van der Waals surface area contributed by atoms with Crippen molar-refractivity contribution in [2.45, 2.75) is 5.33 Å². The summed E-state index contributed by atoms with van der Waals surface area (Å²) in [7, 11) is 1.25. The second-order valence-corrected chi connectivity index (χ2v) is 5.56. The summed E-state index contributed by atoms with van der Waals surface area (Å²) in [6.07, 6.45) is 0. The number of nitrogens with zero attached hydrogens (tertiary/aromatic N) is 1. The summed E-state index contributed by atoms with van der Waals surface area (Å²) in [4.78, 5) is 16.0. The normalized spacial score (nSPS) is 10.6. The summed E-state index contributed by atoms with van der Waals surface area (Å²) in [5.74, 6) is 0.442. The van der Waals surface area contributed by atoms with E-state index < -0.39 is 5.97 Å². The Morgan fingerprint density at radius 2 is 1.88 bits per heavy atom. The zero-order chi connectivity index (χ0) is 17.1. The van der Waals surface area contributed by atoms with Gasteiger partial charge in [-0.05, 0) is 30.3 Å². The SMILES string of the molecule is COC(=O)c1nc(CBr)c2cc(Oc3ccccc3)ccc2c1O. The summed E-state index contributed by atoms with van der Waals surface area (Å²) >= 11 is 3.36. The molecule has 0 radical (unpaired) electrons. The van der Waals surface area contributed by atoms with E-state index >= 15 is 0 Å². The fraction of sp³-hybridized carbons (Fsp3) is 0.111. The number of para-hydroxylation sites is 1. The van der Waals surface area contributed by atoms with Gasteiger partial charge in [-0.2, -0.15) is 0 Å². The van der Waals surface area contributed by atoms with Crippen LogP contribution in [0.4, 0.5) is 0 Å². The van der Waals surface area contributed by atoms with Gasteiger partial charge >= 0.3 is 5.97 Å². The van der Waals surface area contributed by atoms with Crippen LogP contribution >= 0.6 is 15.9 Å². The molecule has 6 heteroatoms. The van der Waals surface area contributed by atoms with E-state index in [0.717, 1.165) is 0 Å². The van der Waals surface area contributed by atoms with Crippen LogP contribution in [0.25, 0.3) is 10.8 Å². The number of aromatic hydroxyl groups is 1. The Balaban J connectivity index is 2.11. The van der Waals surface area contributed by atoms with Crippen LogP contribution in [0.2, 0.25) is 0 Å². The van der Waals surface area contributed by atoms with Gasteiger partial charge in [-0.25, -0.2) is 9.78 Å². The first-order valence-electron chi connectivity index (χ1n) is 7.17. The molecule has 0 spiro atoms. The molecular weight excluding hydrogens is 374 g/mol. The highest BCUT2D eigenvalue weighted by Gasteiger charge is 2.19. The summed E-state index contributed by atoms with van der Waals surface area (Å²) in [5.41, 5.74) is 0.512. The minimum Gasteiger partial charge on any atom is -0.505 e. The smallest absolute Gasteiger partial charge is 0.360 e. The van der Waals surface area contributed by atoms with Gasteiger partial charge in [0.2, 0.25) is 0 Å². The predicted octanol–water partition coefficient (Wildman–Crippen LogP) is 4.41. The second kappa shape index (κ2) is 6.88. The van der Waals surface area contributed by atoms with Crippen LogP contribution in [0.1, 0.15) is 16.2 Å². The predicted molar refractivity (Wildman–Crippen MR) is 93.9 cm³/mol. The standard InChI is InChI=1S/C18H14BrNO4/c1-23-18(22)16-17(21)13-8-7-12(9-14(13)15(10-19)20-16)24-11-5-3-2-4-6-11/h2-9,21H,10H2,1H3. The highest BCUT2D eigenvalue weighted by atomic mass is 79.9. The highest BCUT2D eigenvalue weighted by molar-refractivity contribution is 9.08. The first-order valence-corrected chi connectivity index (χ1v) is 8.29. The number of halogens is 1. The van der Waals surface area contributed by atoms with Gasteiger partial charge in [0.25, 0.3) is 0 Å². The van der Waals surface area contributed by atoms with Crippen molar-refractivity contribution in [1.82, 2.24) is 4.98 Å². The van der Waals surface area contributed by atoms with Gasteiger partial charge in [-0.1, -0.05) is 34.1 Å². The number of benzene rings is 2. The molecule has 0 atom stereocenters. The van der Waals surface area contributed by atoms with Crippen molar-refractivity contribution < 1.29 is 19.4 Å². The van der Waals surface area contributed by atoms with E-state index in [-0.39, 0.29) is 11.4 Å². The molecule has 24 heavy (non-hydrogen) atoms. The number of aromatic nitrogens is 1. The Bertz CT molecular complexity index is 896. The Hall–Kier alpha value is -2.60. The zero-order valence-electron chi connectivity index (χ0n) is 12.8. The monoisotopic (exact) mass is 387 g/mol. The summed E-state index contributed by atoms with van der Waals surface area (Å²) in [5, 5.41) is 12.0. The minimum atomic E-state index is -0.679. The molecule has 5 nitrogen and oxygen atoms in total. The van der Waals surface area contributed by atoms with Crippen LogP contribution in [0.15, 0.2) is 48.5 Å². The number of hydrogen-bond acceptors (Lipinski definition) is 5. The fourth-order valence-electron chi connectivity index (χ4n) is 2.37. The van der Waals surface area contributed by atoms with E-state index in [4.69, 9.17) is 4.74 Å². The molecule has 1 N–H and O–H groups in total. The molecule has 0 aliphatic heterocycles. The van der Waals surface area contributed by atoms with Crippen molar-refractivity contribution in [1.29, 1.82) is 0 Å². The maximum Gasteiger partial charge on any atom is 0.360 e. The number of pyridine rings is 1. The van der Waals surface area contributed by atoms with Crippen LogP contribution in [0.5, 0.6) is 17.2 Å². The molecular formula is C18H14BrNO4. The number of carbonyl (C=O) groups is 1. The molecule has 0 aliphatic carbocycles. The summed E-state index contributed by atoms with van der Waals surface area (Å²) in [6.45, 7) is 0. The number of carbonyl (C=O) groups excluding carboxylic acids is 1. The van der Waals surface area contributed by atoms with E-state index in [0.29, 0.717) is 33.3 Å². The maximum absolute atomic E-state index is 11.8. The minimum absolute atomic E-state index is 0.101. The third kappa shape index (κ3) is 3.05. The lowest BCUT2D eigenvalue weighted by atomic mass is 10.1. The number of ether oxygens (including phenoxy) is 2. The summed E-state index contributed by atoms with van der Waals surface area (Å²) in [6, 6.07) is 14.6. The van der Waals surface area contributed by atoms with Crippen LogP contribution in [0, 0.1) is 0 Å². The van der Waals surface area contributed by atoms with Crippen LogP contribution < -0.4 is 4.74 Å². The molecule has 0 amide bonds. The molecule has 122 valence electrons. The lowest BCUT2D eigenvalue weighted by Crippen LogP contribution is -2.07. The van der Waals surface area contributed by atoms with Crippen LogP contribution in [-0.2, 0) is 10.1 Å². The largest absolute Gasteiger partial charge is 0.505 e. The molecule has 3 aromatic rings. The van der Waals surface area contributed by atoms with E-state index in [9.17, 15) is 9.90 Å². The van der Waals surface area contributed by atoms with Crippen LogP contribution in [0.3, 0.4) is 0 Å². The number of rotatable bonds is 4. The Morgan fingerprint density at radius 1 is 1.12 bits per heavy atom. The summed E-state index contributed by atoms with van der Waals surface area (Å²) < 4.78 is 10.5. The van der Waals surface area contributed by atoms with Crippen LogP contribution in [-0.4, -0.2) is 23.2 Å². The highest BCUT2D eigenvalue weighted by Crippen LogP contribution is 2.34. The van der Waals surface area contributed by atoms with E-state index in [1.807, 2.05) is 30.3 Å². The Labute approximate surface area is 147 Å². The van der Waals surface area contributed by atoms with Gasteiger partial charge in [-0.15, -0.1) is 0 Å². The molecule has 0 unspecified atom stereocenters. The Kier molecular flexibility index (Phi) is 4.66. The lowest BCUT2D eigenvalue weighted by Gasteiger charge is -2.12. The molecule has 0 fully saturated rings. The fourth-order valence-corrected chi connectivity index (χ4v) is 2.80. The average molecular weight is 388 g/mol. The molecule has 1 aromatic heterocycles. The average Bonchev–Trinajstić information content (AvgIpc) is 2.62. The quantitative estimate of drug-likeness (QED) is 0.530. The van der Waals surface area contributed by atoms with Gasteiger partial charge in [-0.3, -0.25) is 0 Å². The molecule has 1 heterocycles. The molecule has 0 saturated heterocycles. The van der Waals surface area contributed by atoms with Crippen molar-refractivity contribution in [3.63, 3.8) is 0 Å². The van der Waals surface area contributed by atoms with E-state index in [1.165, 1.54) is 7.11 Å². The van der Waals surface area contributed by atoms with Crippen molar-refractivity contribution in [2.24, 2.45) is 0 Å². The first kappa shape index (κ1) is 16.3. The van der Waals surface area contributed by atoms with E-state index in [2.05, 4.69) is 25.7 Å². The number of esters is 1. The first-order chi connectivity index (χ1) is 11.6. The van der Waals surface area contributed by atoms with Gasteiger partial charge in [0, 0.05) is 16.1 Å². The number of methoxy groups -OCH3 is 1. The maximum atomic E-state index is 11.8. The molecule has 0 aliphatic rings. The van der Waals surface area contributed by atoms with E-state index in [1.54, 1.807) is 18.2 Å². The van der Waals surface area contributed by atoms with Gasteiger partial charge in [0.05, 0.1) is 12.8 Å². The van der Waals surface area contributed by atoms with Crippen molar-refractivity contribution in [3.8, 4) is 17.2 Å². The molecule has 2 aromatic carbocycles. The van der Waals surface area contributed by atoms with Gasteiger partial charge in [0.15, 0.2) is 11.4 Å². The second-order valence-electron chi connectivity index (χ2n) is 5.00. The molecule has 0 bridgehead atoms.